The van der Waals surface area contributed by atoms with Crippen LogP contribution in [-0.2, 0) is 11.3 Å². The third-order valence-electron chi connectivity index (χ3n) is 3.46. The van der Waals surface area contributed by atoms with Crippen LogP contribution in [0.2, 0.25) is 0 Å². The number of nitrogens with one attached hydrogen (secondary N) is 2. The van der Waals surface area contributed by atoms with Crippen LogP contribution in [0, 0.1) is 0 Å². The number of hydrogen-bond acceptors (Lipinski definition) is 3. The maximum absolute atomic E-state index is 12.4. The molecule has 2 rings (SSSR count). The van der Waals surface area contributed by atoms with E-state index in [1.54, 1.807) is 18.2 Å². The molecule has 1 saturated heterocycles. The molecule has 0 amide bonds. The van der Waals surface area contributed by atoms with Gasteiger partial charge in [0, 0.05) is 25.3 Å². The summed E-state index contributed by atoms with van der Waals surface area (Å²) < 4.78 is 34.9. The van der Waals surface area contributed by atoms with Gasteiger partial charge in [-0.15, -0.1) is 24.0 Å². The van der Waals surface area contributed by atoms with E-state index < -0.39 is 6.61 Å². The number of para-hydroxylation sites is 1. The number of aliphatic imine (C=N–C) groups is 1. The van der Waals surface area contributed by atoms with Gasteiger partial charge >= 0.3 is 6.61 Å². The van der Waals surface area contributed by atoms with Crippen LogP contribution in [0.5, 0.6) is 5.75 Å². The lowest BCUT2D eigenvalue weighted by molar-refractivity contribution is -0.0504. The highest BCUT2D eigenvalue weighted by Crippen LogP contribution is 2.20. The summed E-state index contributed by atoms with van der Waals surface area (Å²) in [7, 11) is 0. The molecule has 1 aromatic rings. The molecule has 136 valence electrons. The molecule has 1 unspecified atom stereocenters. The summed E-state index contributed by atoms with van der Waals surface area (Å²) in [4.78, 5) is 4.43. The van der Waals surface area contributed by atoms with Crippen LogP contribution < -0.4 is 15.4 Å². The molecular weight excluding hydrogens is 431 g/mol. The fourth-order valence-corrected chi connectivity index (χ4v) is 2.37. The zero-order chi connectivity index (χ0) is 16.5. The standard InChI is InChI=1S/C16H23F2N3O2.HI/c1-2-19-16(21-11-13-7-5-9-22-13)20-10-12-6-3-4-8-14(12)23-15(17)18;/h3-4,6,8,13,15H,2,5,7,9-11H2,1H3,(H2,19,20,21);1H. The van der Waals surface area contributed by atoms with Gasteiger partial charge in [-0.3, -0.25) is 0 Å². The molecule has 0 saturated carbocycles. The second kappa shape index (κ2) is 11.4. The molecule has 24 heavy (non-hydrogen) atoms. The largest absolute Gasteiger partial charge is 0.434 e. The number of alkyl halides is 2. The SMILES string of the molecule is CCNC(=NCc1ccccc1OC(F)F)NCC1CCCO1.I. The minimum absolute atomic E-state index is 0. The molecule has 1 aliphatic rings. The first-order valence-electron chi connectivity index (χ1n) is 7.85. The summed E-state index contributed by atoms with van der Waals surface area (Å²) in [5, 5.41) is 6.35. The van der Waals surface area contributed by atoms with Crippen molar-refractivity contribution in [1.29, 1.82) is 0 Å². The molecule has 0 bridgehead atoms. The Bertz CT molecular complexity index is 512. The van der Waals surface area contributed by atoms with E-state index in [2.05, 4.69) is 20.4 Å². The monoisotopic (exact) mass is 455 g/mol. The van der Waals surface area contributed by atoms with Gasteiger partial charge in [0.2, 0.25) is 0 Å². The van der Waals surface area contributed by atoms with E-state index >= 15 is 0 Å². The van der Waals surface area contributed by atoms with Gasteiger partial charge in [-0.2, -0.15) is 8.78 Å². The number of rotatable bonds is 7. The molecule has 1 aromatic carbocycles. The Morgan fingerprint density at radius 2 is 2.17 bits per heavy atom. The Balaban J connectivity index is 0.00000288. The van der Waals surface area contributed by atoms with Crippen LogP contribution >= 0.6 is 24.0 Å². The molecular formula is C16H24F2IN3O2. The number of halogens is 3. The number of hydrogen-bond donors (Lipinski definition) is 2. The molecule has 1 aliphatic heterocycles. The van der Waals surface area contributed by atoms with Crippen LogP contribution in [0.4, 0.5) is 8.78 Å². The van der Waals surface area contributed by atoms with Crippen molar-refractivity contribution in [2.45, 2.75) is 39.0 Å². The van der Waals surface area contributed by atoms with Crippen LogP contribution in [-0.4, -0.2) is 38.4 Å². The molecule has 0 spiro atoms. The van der Waals surface area contributed by atoms with Gasteiger partial charge in [-0.1, -0.05) is 18.2 Å². The summed E-state index contributed by atoms with van der Waals surface area (Å²) in [6.45, 7) is 1.58. The normalized spacial score (nSPS) is 17.5. The van der Waals surface area contributed by atoms with Gasteiger partial charge in [0.15, 0.2) is 5.96 Å². The van der Waals surface area contributed by atoms with Crippen molar-refractivity contribution in [2.75, 3.05) is 19.7 Å². The van der Waals surface area contributed by atoms with Gasteiger partial charge in [0.25, 0.3) is 0 Å². The maximum atomic E-state index is 12.4. The van der Waals surface area contributed by atoms with Crippen LogP contribution in [0.15, 0.2) is 29.3 Å². The Hall–Kier alpha value is -1.16. The lowest BCUT2D eigenvalue weighted by Crippen LogP contribution is -2.41. The number of nitrogens with zero attached hydrogens (tertiary/aromatic N) is 1. The van der Waals surface area contributed by atoms with Crippen LogP contribution in [0.1, 0.15) is 25.3 Å². The summed E-state index contributed by atoms with van der Waals surface area (Å²) in [5.74, 6) is 0.788. The molecule has 1 fully saturated rings. The lowest BCUT2D eigenvalue weighted by Gasteiger charge is -2.15. The zero-order valence-corrected chi connectivity index (χ0v) is 16.0. The summed E-state index contributed by atoms with van der Waals surface area (Å²) in [6, 6.07) is 6.68. The summed E-state index contributed by atoms with van der Waals surface area (Å²) >= 11 is 0. The highest BCUT2D eigenvalue weighted by Gasteiger charge is 2.15. The molecule has 1 atom stereocenters. The third kappa shape index (κ3) is 7.16. The predicted molar refractivity (Wildman–Crippen MR) is 100 cm³/mol. The van der Waals surface area contributed by atoms with E-state index in [9.17, 15) is 8.78 Å². The predicted octanol–water partition coefficient (Wildman–Crippen LogP) is 3.14. The van der Waals surface area contributed by atoms with Crippen molar-refractivity contribution in [1.82, 2.24) is 10.6 Å². The van der Waals surface area contributed by atoms with E-state index in [0.29, 0.717) is 24.6 Å². The molecule has 0 aromatic heterocycles. The highest BCUT2D eigenvalue weighted by molar-refractivity contribution is 14.0. The van der Waals surface area contributed by atoms with Gasteiger partial charge in [-0.25, -0.2) is 4.99 Å². The van der Waals surface area contributed by atoms with Gasteiger partial charge in [-0.05, 0) is 25.8 Å². The first-order chi connectivity index (χ1) is 11.2. The average molecular weight is 455 g/mol. The van der Waals surface area contributed by atoms with Crippen molar-refractivity contribution in [3.05, 3.63) is 29.8 Å². The first kappa shape index (κ1) is 20.9. The number of guanidine groups is 1. The molecule has 2 N–H and O–H groups in total. The molecule has 0 radical (unpaired) electrons. The summed E-state index contributed by atoms with van der Waals surface area (Å²) in [6.07, 6.45) is 2.32. The van der Waals surface area contributed by atoms with Crippen LogP contribution in [0.3, 0.4) is 0 Å². The van der Waals surface area contributed by atoms with Crippen molar-refractivity contribution in [3.63, 3.8) is 0 Å². The lowest BCUT2D eigenvalue weighted by atomic mass is 10.2. The Morgan fingerprint density at radius 3 is 2.83 bits per heavy atom. The zero-order valence-electron chi connectivity index (χ0n) is 13.6. The molecule has 8 heteroatoms. The van der Waals surface area contributed by atoms with E-state index in [-0.39, 0.29) is 42.4 Å². The van der Waals surface area contributed by atoms with Crippen molar-refractivity contribution in [3.8, 4) is 5.75 Å². The van der Waals surface area contributed by atoms with Crippen LogP contribution in [0.25, 0.3) is 0 Å². The smallest absolute Gasteiger partial charge is 0.387 e. The van der Waals surface area contributed by atoms with Crippen molar-refractivity contribution < 1.29 is 18.3 Å². The molecule has 0 aliphatic carbocycles. The van der Waals surface area contributed by atoms with E-state index in [0.717, 1.165) is 19.4 Å². The second-order valence-corrected chi connectivity index (χ2v) is 5.20. The van der Waals surface area contributed by atoms with E-state index in [1.807, 2.05) is 6.92 Å². The minimum Gasteiger partial charge on any atom is -0.434 e. The summed E-state index contributed by atoms with van der Waals surface area (Å²) in [5.41, 5.74) is 0.613. The Morgan fingerprint density at radius 1 is 1.38 bits per heavy atom. The Labute approximate surface area is 158 Å². The molecule has 1 heterocycles. The van der Waals surface area contributed by atoms with Crippen molar-refractivity contribution >= 4 is 29.9 Å². The van der Waals surface area contributed by atoms with Gasteiger partial charge in [0.05, 0.1) is 12.6 Å². The highest BCUT2D eigenvalue weighted by atomic mass is 127. The van der Waals surface area contributed by atoms with Gasteiger partial charge < -0.3 is 20.1 Å². The van der Waals surface area contributed by atoms with Crippen molar-refractivity contribution in [2.24, 2.45) is 4.99 Å². The molecule has 5 nitrogen and oxygen atoms in total. The topological polar surface area (TPSA) is 54.9 Å². The quantitative estimate of drug-likeness (QED) is 0.377. The third-order valence-corrected chi connectivity index (χ3v) is 3.46. The minimum atomic E-state index is -2.84. The fraction of sp³-hybridized carbons (Fsp3) is 0.562. The maximum Gasteiger partial charge on any atom is 0.387 e. The number of benzene rings is 1. The van der Waals surface area contributed by atoms with E-state index in [4.69, 9.17) is 4.74 Å². The first-order valence-corrected chi connectivity index (χ1v) is 7.85. The number of ether oxygens (including phenoxy) is 2. The van der Waals surface area contributed by atoms with E-state index in [1.165, 1.54) is 6.07 Å². The fourth-order valence-electron chi connectivity index (χ4n) is 2.37. The Kier molecular flexibility index (Phi) is 9.92. The van der Waals surface area contributed by atoms with Gasteiger partial charge in [0.1, 0.15) is 5.75 Å². The average Bonchev–Trinajstić information content (AvgIpc) is 3.04. The second-order valence-electron chi connectivity index (χ2n) is 5.20.